The van der Waals surface area contributed by atoms with Gasteiger partial charge in [0.25, 0.3) is 0 Å². The first-order chi connectivity index (χ1) is 10.6. The molecule has 0 unspecified atom stereocenters. The molecule has 118 valence electrons. The number of hydrogen-bond donors (Lipinski definition) is 1. The fraction of sp³-hybridized carbons (Fsp3) is 0.500. The van der Waals surface area contributed by atoms with Crippen LogP contribution in [0.1, 0.15) is 25.7 Å². The summed E-state index contributed by atoms with van der Waals surface area (Å²) in [7, 11) is 1.98. The van der Waals surface area contributed by atoms with Crippen molar-refractivity contribution in [2.75, 3.05) is 25.5 Å². The lowest BCUT2D eigenvalue weighted by atomic mass is 10.1. The average Bonchev–Trinajstić information content (AvgIpc) is 3.06. The molecule has 0 radical (unpaired) electrons. The van der Waals surface area contributed by atoms with E-state index in [1.807, 2.05) is 7.05 Å². The van der Waals surface area contributed by atoms with Crippen molar-refractivity contribution in [2.24, 2.45) is 5.92 Å². The maximum atomic E-state index is 13.2. The zero-order valence-corrected chi connectivity index (χ0v) is 13.5. The van der Waals surface area contributed by atoms with E-state index in [1.165, 1.54) is 49.2 Å². The van der Waals surface area contributed by atoms with Gasteiger partial charge in [-0.3, -0.25) is 9.69 Å². The minimum absolute atomic E-state index is 0.0694. The number of anilines is 1. The third-order valence-corrected chi connectivity index (χ3v) is 4.99. The van der Waals surface area contributed by atoms with E-state index in [9.17, 15) is 9.18 Å². The van der Waals surface area contributed by atoms with Gasteiger partial charge in [-0.05, 0) is 44.0 Å². The van der Waals surface area contributed by atoms with Gasteiger partial charge in [-0.15, -0.1) is 0 Å². The van der Waals surface area contributed by atoms with Crippen LogP contribution < -0.4 is 5.32 Å². The Morgan fingerprint density at radius 3 is 3.00 bits per heavy atom. The van der Waals surface area contributed by atoms with Gasteiger partial charge in [0.05, 0.1) is 16.8 Å². The van der Waals surface area contributed by atoms with Gasteiger partial charge in [-0.1, -0.05) is 24.2 Å². The fourth-order valence-electron chi connectivity index (χ4n) is 3.05. The van der Waals surface area contributed by atoms with Crippen LogP contribution in [0.5, 0.6) is 0 Å². The third-order valence-electron chi connectivity index (χ3n) is 4.05. The van der Waals surface area contributed by atoms with Gasteiger partial charge in [0.2, 0.25) is 5.91 Å². The molecule has 6 heteroatoms. The number of nitrogens with zero attached hydrogens (tertiary/aromatic N) is 2. The number of carbonyl (C=O) groups excluding carboxylic acids is 1. The molecule has 1 aliphatic carbocycles. The van der Waals surface area contributed by atoms with Crippen molar-refractivity contribution >= 4 is 32.6 Å². The van der Waals surface area contributed by atoms with E-state index in [4.69, 9.17) is 0 Å². The standard InChI is InChI=1S/C16H20FN3OS/c1-20(9-11-4-2-3-5-11)10-15(21)19-16-18-13-7-6-12(17)8-14(13)22-16/h6-8,11H,2-5,9-10H2,1H3,(H,18,19,21). The molecule has 1 N–H and O–H groups in total. The molecule has 3 rings (SSSR count). The highest BCUT2D eigenvalue weighted by Crippen LogP contribution is 2.27. The summed E-state index contributed by atoms with van der Waals surface area (Å²) >= 11 is 1.30. The smallest absolute Gasteiger partial charge is 0.240 e. The van der Waals surface area contributed by atoms with Crippen molar-refractivity contribution in [3.05, 3.63) is 24.0 Å². The first-order valence-electron chi connectivity index (χ1n) is 7.64. The van der Waals surface area contributed by atoms with Crippen molar-refractivity contribution in [1.29, 1.82) is 0 Å². The lowest BCUT2D eigenvalue weighted by Crippen LogP contribution is -2.33. The quantitative estimate of drug-likeness (QED) is 0.917. The molecule has 2 aromatic rings. The van der Waals surface area contributed by atoms with E-state index in [0.29, 0.717) is 17.2 Å². The number of benzene rings is 1. The molecule has 1 fully saturated rings. The molecule has 0 saturated heterocycles. The van der Waals surface area contributed by atoms with Crippen LogP contribution in [-0.4, -0.2) is 35.9 Å². The van der Waals surface area contributed by atoms with Crippen LogP contribution in [-0.2, 0) is 4.79 Å². The Morgan fingerprint density at radius 2 is 2.23 bits per heavy atom. The zero-order valence-electron chi connectivity index (χ0n) is 12.6. The van der Waals surface area contributed by atoms with Gasteiger partial charge in [0.15, 0.2) is 5.13 Å². The Labute approximate surface area is 133 Å². The molecule has 0 spiro atoms. The van der Waals surface area contributed by atoms with E-state index in [1.54, 1.807) is 6.07 Å². The molecule has 1 aromatic carbocycles. The minimum atomic E-state index is -0.287. The van der Waals surface area contributed by atoms with E-state index in [-0.39, 0.29) is 11.7 Å². The largest absolute Gasteiger partial charge is 0.301 e. The van der Waals surface area contributed by atoms with E-state index < -0.39 is 0 Å². The van der Waals surface area contributed by atoms with Crippen LogP contribution in [0, 0.1) is 11.7 Å². The zero-order chi connectivity index (χ0) is 15.5. The Balaban J connectivity index is 1.55. The first kappa shape index (κ1) is 15.4. The molecule has 1 aliphatic rings. The summed E-state index contributed by atoms with van der Waals surface area (Å²) in [5, 5.41) is 3.34. The summed E-state index contributed by atoms with van der Waals surface area (Å²) in [5.74, 6) is 0.369. The number of fused-ring (bicyclic) bond motifs is 1. The molecule has 4 nitrogen and oxygen atoms in total. The van der Waals surface area contributed by atoms with Gasteiger partial charge >= 0.3 is 0 Å². The van der Waals surface area contributed by atoms with Gasteiger partial charge in [0, 0.05) is 6.54 Å². The number of rotatable bonds is 5. The monoisotopic (exact) mass is 321 g/mol. The Morgan fingerprint density at radius 1 is 1.45 bits per heavy atom. The van der Waals surface area contributed by atoms with E-state index >= 15 is 0 Å². The second-order valence-corrected chi connectivity index (χ2v) is 7.06. The SMILES string of the molecule is CN(CC(=O)Nc1nc2ccc(F)cc2s1)CC1CCCC1. The van der Waals surface area contributed by atoms with Crippen molar-refractivity contribution in [1.82, 2.24) is 9.88 Å². The molecule has 1 amide bonds. The minimum Gasteiger partial charge on any atom is -0.301 e. The maximum absolute atomic E-state index is 13.2. The first-order valence-corrected chi connectivity index (χ1v) is 8.46. The molecule has 0 aliphatic heterocycles. The molecule has 22 heavy (non-hydrogen) atoms. The van der Waals surface area contributed by atoms with Crippen molar-refractivity contribution in [2.45, 2.75) is 25.7 Å². The Hall–Kier alpha value is -1.53. The summed E-state index contributed by atoms with van der Waals surface area (Å²) in [4.78, 5) is 18.5. The number of halogens is 1. The van der Waals surface area contributed by atoms with Crippen LogP contribution >= 0.6 is 11.3 Å². The Bertz CT molecular complexity index is 666. The summed E-state index contributed by atoms with van der Waals surface area (Å²) in [5.41, 5.74) is 0.709. The lowest BCUT2D eigenvalue weighted by molar-refractivity contribution is -0.117. The summed E-state index contributed by atoms with van der Waals surface area (Å²) in [6.45, 7) is 1.33. The highest BCUT2D eigenvalue weighted by Gasteiger charge is 2.18. The summed E-state index contributed by atoms with van der Waals surface area (Å²) < 4.78 is 13.9. The van der Waals surface area contributed by atoms with Gasteiger partial charge in [-0.25, -0.2) is 9.37 Å². The highest BCUT2D eigenvalue weighted by molar-refractivity contribution is 7.22. The molecular weight excluding hydrogens is 301 g/mol. The van der Waals surface area contributed by atoms with Crippen LogP contribution in [0.25, 0.3) is 10.2 Å². The second-order valence-electron chi connectivity index (χ2n) is 6.03. The summed E-state index contributed by atoms with van der Waals surface area (Å²) in [6.07, 6.45) is 5.17. The maximum Gasteiger partial charge on any atom is 0.240 e. The van der Waals surface area contributed by atoms with E-state index in [2.05, 4.69) is 15.2 Å². The molecule has 0 atom stereocenters. The third kappa shape index (κ3) is 3.81. The lowest BCUT2D eigenvalue weighted by Gasteiger charge is -2.19. The van der Waals surface area contributed by atoms with Crippen LogP contribution in [0.15, 0.2) is 18.2 Å². The fourth-order valence-corrected chi connectivity index (χ4v) is 3.96. The van der Waals surface area contributed by atoms with Gasteiger partial charge in [-0.2, -0.15) is 0 Å². The van der Waals surface area contributed by atoms with E-state index in [0.717, 1.165) is 17.2 Å². The Kier molecular flexibility index (Phi) is 4.69. The highest BCUT2D eigenvalue weighted by atomic mass is 32.1. The summed E-state index contributed by atoms with van der Waals surface area (Å²) in [6, 6.07) is 4.45. The number of nitrogens with one attached hydrogen (secondary N) is 1. The average molecular weight is 321 g/mol. The van der Waals surface area contributed by atoms with Gasteiger partial charge in [0.1, 0.15) is 5.82 Å². The molecular formula is C16H20FN3OS. The predicted molar refractivity (Wildman–Crippen MR) is 87.7 cm³/mol. The normalized spacial score (nSPS) is 15.8. The molecule has 1 aromatic heterocycles. The van der Waals surface area contributed by atoms with Crippen molar-refractivity contribution in [3.8, 4) is 0 Å². The number of likely N-dealkylation sites (N-methyl/N-ethyl adjacent to an activating group) is 1. The molecule has 0 bridgehead atoms. The number of hydrogen-bond acceptors (Lipinski definition) is 4. The number of carbonyl (C=O) groups is 1. The van der Waals surface area contributed by atoms with Crippen LogP contribution in [0.4, 0.5) is 9.52 Å². The molecule has 1 heterocycles. The number of thiazole rings is 1. The van der Waals surface area contributed by atoms with Crippen LogP contribution in [0.3, 0.4) is 0 Å². The van der Waals surface area contributed by atoms with Gasteiger partial charge < -0.3 is 5.32 Å². The topological polar surface area (TPSA) is 45.2 Å². The number of amides is 1. The van der Waals surface area contributed by atoms with Crippen molar-refractivity contribution < 1.29 is 9.18 Å². The second kappa shape index (κ2) is 6.71. The molecule has 1 saturated carbocycles. The van der Waals surface area contributed by atoms with Crippen LogP contribution in [0.2, 0.25) is 0 Å². The van der Waals surface area contributed by atoms with Crippen molar-refractivity contribution in [3.63, 3.8) is 0 Å². The predicted octanol–water partition coefficient (Wildman–Crippen LogP) is 3.50. The number of aromatic nitrogens is 1.